The zero-order valence-electron chi connectivity index (χ0n) is 9.68. The second-order valence-corrected chi connectivity index (χ2v) is 4.67. The molecule has 2 rings (SSSR count). The van der Waals surface area contributed by atoms with Gasteiger partial charge < -0.3 is 5.11 Å². The summed E-state index contributed by atoms with van der Waals surface area (Å²) in [5.74, 6) is -5.45. The molecule has 0 heterocycles. The zero-order valence-corrected chi connectivity index (χ0v) is 9.68. The van der Waals surface area contributed by atoms with Crippen LogP contribution >= 0.6 is 0 Å². The van der Waals surface area contributed by atoms with Gasteiger partial charge in [-0.05, 0) is 18.9 Å². The summed E-state index contributed by atoms with van der Waals surface area (Å²) in [6.07, 6.45) is 2.67. The Labute approximate surface area is 102 Å². The van der Waals surface area contributed by atoms with Crippen molar-refractivity contribution in [2.45, 2.75) is 37.5 Å². The van der Waals surface area contributed by atoms with Gasteiger partial charge in [0.1, 0.15) is 0 Å². The first kappa shape index (κ1) is 12.9. The van der Waals surface area contributed by atoms with Gasteiger partial charge in [0, 0.05) is 5.56 Å². The van der Waals surface area contributed by atoms with E-state index in [0.29, 0.717) is 12.8 Å². The van der Waals surface area contributed by atoms with Gasteiger partial charge in [0.15, 0.2) is 17.5 Å². The highest BCUT2D eigenvalue weighted by molar-refractivity contribution is 5.81. The van der Waals surface area contributed by atoms with Crippen LogP contribution in [0.5, 0.6) is 0 Å². The number of benzene rings is 1. The molecular weight excluding hydrogens is 245 g/mol. The lowest BCUT2D eigenvalue weighted by molar-refractivity contribution is -0.145. The summed E-state index contributed by atoms with van der Waals surface area (Å²) in [5.41, 5.74) is -1.66. The molecule has 1 aromatic rings. The Kier molecular flexibility index (Phi) is 3.32. The Bertz CT molecular complexity index is 479. The van der Waals surface area contributed by atoms with E-state index in [0.717, 1.165) is 18.6 Å². The Morgan fingerprint density at radius 2 is 1.67 bits per heavy atom. The van der Waals surface area contributed by atoms with E-state index in [1.807, 2.05) is 0 Å². The van der Waals surface area contributed by atoms with Gasteiger partial charge in [0.05, 0.1) is 5.41 Å². The number of carboxylic acids is 1. The van der Waals surface area contributed by atoms with Crippen molar-refractivity contribution >= 4 is 5.97 Å². The fraction of sp³-hybridized carbons (Fsp3) is 0.462. The SMILES string of the molecule is O=C(O)C1(c2ccc(F)c(F)c2F)CCCCC1. The molecule has 98 valence electrons. The molecule has 18 heavy (non-hydrogen) atoms. The number of halogens is 3. The maximum atomic E-state index is 13.8. The minimum Gasteiger partial charge on any atom is -0.481 e. The molecule has 1 saturated carbocycles. The number of carboxylic acid groups (broad SMARTS) is 1. The molecule has 1 fully saturated rings. The predicted molar refractivity (Wildman–Crippen MR) is 58.7 cm³/mol. The number of hydrogen-bond acceptors (Lipinski definition) is 1. The van der Waals surface area contributed by atoms with Crippen LogP contribution in [0.15, 0.2) is 12.1 Å². The molecule has 0 radical (unpaired) electrons. The molecule has 0 aliphatic heterocycles. The normalized spacial score (nSPS) is 18.6. The summed E-state index contributed by atoms with van der Waals surface area (Å²) < 4.78 is 39.9. The first-order valence-corrected chi connectivity index (χ1v) is 5.86. The van der Waals surface area contributed by atoms with Crippen LogP contribution in [0.25, 0.3) is 0 Å². The summed E-state index contributed by atoms with van der Waals surface area (Å²) in [7, 11) is 0. The minimum absolute atomic E-state index is 0.242. The summed E-state index contributed by atoms with van der Waals surface area (Å²) in [6.45, 7) is 0. The quantitative estimate of drug-likeness (QED) is 0.825. The average molecular weight is 258 g/mol. The van der Waals surface area contributed by atoms with Crippen molar-refractivity contribution in [1.82, 2.24) is 0 Å². The number of hydrogen-bond donors (Lipinski definition) is 1. The summed E-state index contributed by atoms with van der Waals surface area (Å²) >= 11 is 0. The Morgan fingerprint density at radius 3 is 2.22 bits per heavy atom. The lowest BCUT2D eigenvalue weighted by atomic mass is 9.69. The van der Waals surface area contributed by atoms with Crippen LogP contribution in [0.1, 0.15) is 37.7 Å². The average Bonchev–Trinajstić information content (AvgIpc) is 2.37. The second-order valence-electron chi connectivity index (χ2n) is 4.67. The maximum absolute atomic E-state index is 13.8. The molecular formula is C13H13F3O2. The highest BCUT2D eigenvalue weighted by Gasteiger charge is 2.44. The van der Waals surface area contributed by atoms with Gasteiger partial charge in [-0.3, -0.25) is 4.79 Å². The molecule has 1 aromatic carbocycles. The fourth-order valence-electron chi connectivity index (χ4n) is 2.65. The van der Waals surface area contributed by atoms with E-state index < -0.39 is 28.8 Å². The summed E-state index contributed by atoms with van der Waals surface area (Å²) in [5, 5.41) is 9.34. The number of aliphatic carboxylic acids is 1. The van der Waals surface area contributed by atoms with Crippen molar-refractivity contribution in [1.29, 1.82) is 0 Å². The molecule has 1 N–H and O–H groups in total. The van der Waals surface area contributed by atoms with Crippen LogP contribution in [0.4, 0.5) is 13.2 Å². The van der Waals surface area contributed by atoms with E-state index in [1.54, 1.807) is 0 Å². The van der Waals surface area contributed by atoms with Crippen molar-refractivity contribution in [2.24, 2.45) is 0 Å². The van der Waals surface area contributed by atoms with Gasteiger partial charge >= 0.3 is 5.97 Å². The van der Waals surface area contributed by atoms with Crippen molar-refractivity contribution in [3.05, 3.63) is 35.1 Å². The molecule has 0 aromatic heterocycles. The van der Waals surface area contributed by atoms with Crippen LogP contribution in [0.2, 0.25) is 0 Å². The van der Waals surface area contributed by atoms with Crippen LogP contribution in [0, 0.1) is 17.5 Å². The van der Waals surface area contributed by atoms with Crippen LogP contribution < -0.4 is 0 Å². The van der Waals surface area contributed by atoms with E-state index in [4.69, 9.17) is 0 Å². The molecule has 0 amide bonds. The Morgan fingerprint density at radius 1 is 1.06 bits per heavy atom. The van der Waals surface area contributed by atoms with Gasteiger partial charge in [-0.1, -0.05) is 25.3 Å². The third-order valence-electron chi connectivity index (χ3n) is 3.67. The minimum atomic E-state index is -1.60. The largest absolute Gasteiger partial charge is 0.481 e. The number of carbonyl (C=O) groups is 1. The summed E-state index contributed by atoms with van der Waals surface area (Å²) in [6, 6.07) is 1.83. The van der Waals surface area contributed by atoms with Gasteiger partial charge in [-0.2, -0.15) is 0 Å². The van der Waals surface area contributed by atoms with Crippen LogP contribution in [-0.2, 0) is 10.2 Å². The Balaban J connectivity index is 2.56. The predicted octanol–water partition coefficient (Wildman–Crippen LogP) is 3.39. The topological polar surface area (TPSA) is 37.3 Å². The first-order valence-electron chi connectivity index (χ1n) is 5.86. The molecule has 1 aliphatic carbocycles. The molecule has 0 atom stereocenters. The Hall–Kier alpha value is -1.52. The lowest BCUT2D eigenvalue weighted by Gasteiger charge is -2.33. The molecule has 0 unspecified atom stereocenters. The monoisotopic (exact) mass is 258 g/mol. The highest BCUT2D eigenvalue weighted by atomic mass is 19.2. The molecule has 2 nitrogen and oxygen atoms in total. The standard InChI is InChI=1S/C13H13F3O2/c14-9-5-4-8(10(15)11(9)16)13(12(17)18)6-2-1-3-7-13/h4-5H,1-3,6-7H2,(H,17,18). The zero-order chi connectivity index (χ0) is 13.3. The maximum Gasteiger partial charge on any atom is 0.314 e. The second kappa shape index (κ2) is 4.63. The van der Waals surface area contributed by atoms with Gasteiger partial charge in [-0.15, -0.1) is 0 Å². The van der Waals surface area contributed by atoms with Crippen molar-refractivity contribution in [3.63, 3.8) is 0 Å². The van der Waals surface area contributed by atoms with Crippen LogP contribution in [-0.4, -0.2) is 11.1 Å². The van der Waals surface area contributed by atoms with Crippen molar-refractivity contribution < 1.29 is 23.1 Å². The lowest BCUT2D eigenvalue weighted by Crippen LogP contribution is -2.39. The van der Waals surface area contributed by atoms with Crippen LogP contribution in [0.3, 0.4) is 0 Å². The molecule has 1 aliphatic rings. The van der Waals surface area contributed by atoms with E-state index in [-0.39, 0.29) is 18.4 Å². The van der Waals surface area contributed by atoms with Crippen molar-refractivity contribution in [3.8, 4) is 0 Å². The van der Waals surface area contributed by atoms with Crippen molar-refractivity contribution in [2.75, 3.05) is 0 Å². The molecule has 0 spiro atoms. The third-order valence-corrected chi connectivity index (χ3v) is 3.67. The smallest absolute Gasteiger partial charge is 0.314 e. The van der Waals surface area contributed by atoms with Gasteiger partial charge in [0.2, 0.25) is 0 Å². The van der Waals surface area contributed by atoms with Gasteiger partial charge in [-0.25, -0.2) is 13.2 Å². The molecule has 5 heteroatoms. The molecule has 0 saturated heterocycles. The van der Waals surface area contributed by atoms with E-state index in [1.165, 1.54) is 0 Å². The van der Waals surface area contributed by atoms with Gasteiger partial charge in [0.25, 0.3) is 0 Å². The number of rotatable bonds is 2. The van der Waals surface area contributed by atoms with E-state index in [2.05, 4.69) is 0 Å². The fourth-order valence-corrected chi connectivity index (χ4v) is 2.65. The summed E-state index contributed by atoms with van der Waals surface area (Å²) in [4.78, 5) is 11.4. The van der Waals surface area contributed by atoms with E-state index >= 15 is 0 Å². The van der Waals surface area contributed by atoms with E-state index in [9.17, 15) is 23.1 Å². The third kappa shape index (κ3) is 1.87. The highest BCUT2D eigenvalue weighted by Crippen LogP contribution is 2.41. The molecule has 0 bridgehead atoms. The first-order chi connectivity index (χ1) is 8.49.